The van der Waals surface area contributed by atoms with E-state index in [4.69, 9.17) is 32.7 Å². The maximum absolute atomic E-state index is 13.8. The SMILES string of the molecule is CCOc1cc(C=C2C(=O)N(c3ccccc3)C(=S)N(c3ccccc3)C2=O)cc(Cl)c1OS(=O)(=O)c1ccc(C)cc1. The Hall–Kier alpha value is -4.51. The second kappa shape index (κ2) is 12.4. The van der Waals surface area contributed by atoms with E-state index in [0.29, 0.717) is 16.9 Å². The summed E-state index contributed by atoms with van der Waals surface area (Å²) in [4.78, 5) is 30.1. The van der Waals surface area contributed by atoms with Crippen molar-refractivity contribution in [2.75, 3.05) is 16.4 Å². The van der Waals surface area contributed by atoms with Gasteiger partial charge in [0.1, 0.15) is 10.5 Å². The first-order chi connectivity index (χ1) is 20.6. The highest BCUT2D eigenvalue weighted by atomic mass is 35.5. The summed E-state index contributed by atoms with van der Waals surface area (Å²) in [5, 5.41) is -0.0952. The third-order valence-corrected chi connectivity index (χ3v) is 8.31. The standard InChI is InChI=1S/C32H25ClN2O6S2/c1-3-40-28-20-22(19-27(33)29(28)41-43(38,39)25-16-14-21(2)15-17-25)18-26-30(36)34(23-10-6-4-7-11-23)32(42)35(31(26)37)24-12-8-5-9-13-24/h4-20H,3H2,1-2H3. The van der Waals surface area contributed by atoms with Gasteiger partial charge in [-0.25, -0.2) is 0 Å². The quantitative estimate of drug-likeness (QED) is 0.0940. The van der Waals surface area contributed by atoms with Gasteiger partial charge >= 0.3 is 10.1 Å². The molecule has 0 spiro atoms. The predicted molar refractivity (Wildman–Crippen MR) is 170 cm³/mol. The van der Waals surface area contributed by atoms with Gasteiger partial charge in [0.25, 0.3) is 11.8 Å². The van der Waals surface area contributed by atoms with Crippen LogP contribution in [0.4, 0.5) is 11.4 Å². The number of hydrogen-bond donors (Lipinski definition) is 0. The number of amides is 2. The first-order valence-electron chi connectivity index (χ1n) is 13.1. The summed E-state index contributed by atoms with van der Waals surface area (Å²) < 4.78 is 37.1. The normalized spacial score (nSPS) is 13.7. The summed E-state index contributed by atoms with van der Waals surface area (Å²) in [6, 6.07) is 26.5. The lowest BCUT2D eigenvalue weighted by Gasteiger charge is -2.36. The molecule has 0 aromatic heterocycles. The molecule has 5 rings (SSSR count). The minimum Gasteiger partial charge on any atom is -0.490 e. The third-order valence-electron chi connectivity index (χ3n) is 6.42. The van der Waals surface area contributed by atoms with E-state index < -0.39 is 21.9 Å². The summed E-state index contributed by atoms with van der Waals surface area (Å²) >= 11 is 12.2. The number of thiocarbonyl (C=S) groups is 1. The van der Waals surface area contributed by atoms with Crippen LogP contribution in [0.25, 0.3) is 6.08 Å². The van der Waals surface area contributed by atoms with Crippen LogP contribution in [-0.4, -0.2) is 32.0 Å². The number of benzene rings is 4. The molecule has 0 N–H and O–H groups in total. The van der Waals surface area contributed by atoms with Crippen LogP contribution in [0.3, 0.4) is 0 Å². The molecule has 1 aliphatic rings. The summed E-state index contributed by atoms with van der Waals surface area (Å²) in [5.74, 6) is -1.47. The molecule has 1 saturated heterocycles. The predicted octanol–water partition coefficient (Wildman–Crippen LogP) is 6.56. The number of ether oxygens (including phenoxy) is 1. The zero-order chi connectivity index (χ0) is 30.7. The van der Waals surface area contributed by atoms with E-state index >= 15 is 0 Å². The fraction of sp³-hybridized carbons (Fsp3) is 0.0938. The first kappa shape index (κ1) is 30.0. The topological polar surface area (TPSA) is 93.2 Å². The van der Waals surface area contributed by atoms with Crippen molar-refractivity contribution in [2.45, 2.75) is 18.7 Å². The maximum atomic E-state index is 13.8. The lowest BCUT2D eigenvalue weighted by molar-refractivity contribution is -0.120. The van der Waals surface area contributed by atoms with Crippen LogP contribution in [0.1, 0.15) is 18.1 Å². The molecule has 4 aromatic carbocycles. The number of anilines is 2. The smallest absolute Gasteiger partial charge is 0.339 e. The zero-order valence-electron chi connectivity index (χ0n) is 23.1. The van der Waals surface area contributed by atoms with Gasteiger partial charge < -0.3 is 8.92 Å². The van der Waals surface area contributed by atoms with Gasteiger partial charge in [0.15, 0.2) is 10.9 Å². The number of carbonyl (C=O) groups is 2. The van der Waals surface area contributed by atoms with E-state index in [0.717, 1.165) is 5.56 Å². The van der Waals surface area contributed by atoms with Crippen molar-refractivity contribution in [3.8, 4) is 11.5 Å². The molecule has 0 unspecified atom stereocenters. The second-order valence-electron chi connectivity index (χ2n) is 9.41. The van der Waals surface area contributed by atoms with E-state index in [2.05, 4.69) is 0 Å². The molecule has 43 heavy (non-hydrogen) atoms. The Bertz CT molecular complexity index is 1780. The summed E-state index contributed by atoms with van der Waals surface area (Å²) in [6.07, 6.45) is 1.37. The molecule has 1 aliphatic heterocycles. The van der Waals surface area contributed by atoms with Gasteiger partial charge in [-0.1, -0.05) is 65.7 Å². The molecule has 0 aliphatic carbocycles. The molecule has 4 aromatic rings. The van der Waals surface area contributed by atoms with E-state index in [9.17, 15) is 18.0 Å². The molecule has 2 amide bonds. The minimum atomic E-state index is -4.25. The monoisotopic (exact) mass is 632 g/mol. The molecule has 0 saturated carbocycles. The summed E-state index contributed by atoms with van der Waals surface area (Å²) in [6.45, 7) is 3.71. The number of halogens is 1. The Kier molecular flexibility index (Phi) is 8.63. The molecule has 1 heterocycles. The molecular formula is C32H25ClN2O6S2. The van der Waals surface area contributed by atoms with Crippen LogP contribution < -0.4 is 18.7 Å². The average molecular weight is 633 g/mol. The molecular weight excluding hydrogens is 608 g/mol. The van der Waals surface area contributed by atoms with Gasteiger partial charge in [-0.15, -0.1) is 0 Å². The van der Waals surface area contributed by atoms with Crippen molar-refractivity contribution in [2.24, 2.45) is 0 Å². The Morgan fingerprint density at radius 3 is 1.88 bits per heavy atom. The van der Waals surface area contributed by atoms with Crippen LogP contribution in [0.15, 0.2) is 108 Å². The summed E-state index contributed by atoms with van der Waals surface area (Å²) in [5.41, 5.74) is 1.96. The number of rotatable bonds is 8. The van der Waals surface area contributed by atoms with Gasteiger partial charge in [0, 0.05) is 0 Å². The van der Waals surface area contributed by atoms with E-state index in [1.165, 1.54) is 40.1 Å². The zero-order valence-corrected chi connectivity index (χ0v) is 25.4. The Morgan fingerprint density at radius 1 is 0.837 bits per heavy atom. The van der Waals surface area contributed by atoms with Crippen molar-refractivity contribution in [1.29, 1.82) is 0 Å². The van der Waals surface area contributed by atoms with Gasteiger partial charge in [-0.2, -0.15) is 8.42 Å². The third kappa shape index (κ3) is 6.17. The summed E-state index contributed by atoms with van der Waals surface area (Å²) in [7, 11) is -4.25. The van der Waals surface area contributed by atoms with E-state index in [-0.39, 0.29) is 38.7 Å². The Balaban J connectivity index is 1.59. The van der Waals surface area contributed by atoms with Crippen LogP contribution >= 0.6 is 23.8 Å². The number of aryl methyl sites for hydroxylation is 1. The highest BCUT2D eigenvalue weighted by Gasteiger charge is 2.41. The lowest BCUT2D eigenvalue weighted by atomic mass is 10.0. The van der Waals surface area contributed by atoms with Crippen LogP contribution in [0.2, 0.25) is 5.02 Å². The average Bonchev–Trinajstić information content (AvgIpc) is 2.98. The fourth-order valence-corrected chi connectivity index (χ4v) is 6.02. The number of para-hydroxylation sites is 2. The van der Waals surface area contributed by atoms with Crippen LogP contribution in [-0.2, 0) is 19.7 Å². The second-order valence-corrected chi connectivity index (χ2v) is 11.7. The highest BCUT2D eigenvalue weighted by Crippen LogP contribution is 2.40. The number of carbonyl (C=O) groups excluding carboxylic acids is 2. The van der Waals surface area contributed by atoms with Crippen LogP contribution in [0.5, 0.6) is 11.5 Å². The minimum absolute atomic E-state index is 0.00245. The molecule has 218 valence electrons. The molecule has 11 heteroatoms. The molecule has 0 radical (unpaired) electrons. The van der Waals surface area contributed by atoms with Crippen molar-refractivity contribution in [1.82, 2.24) is 0 Å². The van der Waals surface area contributed by atoms with Crippen molar-refractivity contribution >= 4 is 68.3 Å². The molecule has 1 fully saturated rings. The van der Waals surface area contributed by atoms with Gasteiger partial charge in [-0.05, 0) is 86.2 Å². The first-order valence-corrected chi connectivity index (χ1v) is 15.3. The molecule has 0 bridgehead atoms. The van der Waals surface area contributed by atoms with E-state index in [1.54, 1.807) is 79.7 Å². The van der Waals surface area contributed by atoms with Gasteiger partial charge in [0.05, 0.1) is 23.0 Å². The highest BCUT2D eigenvalue weighted by molar-refractivity contribution is 7.87. The van der Waals surface area contributed by atoms with Gasteiger partial charge in [-0.3, -0.25) is 19.4 Å². The number of hydrogen-bond acceptors (Lipinski definition) is 7. The maximum Gasteiger partial charge on any atom is 0.339 e. The van der Waals surface area contributed by atoms with Gasteiger partial charge in [0.2, 0.25) is 5.75 Å². The van der Waals surface area contributed by atoms with E-state index in [1.807, 2.05) is 6.92 Å². The Labute approximate surface area is 259 Å². The largest absolute Gasteiger partial charge is 0.490 e. The Morgan fingerprint density at radius 2 is 1.37 bits per heavy atom. The lowest BCUT2D eigenvalue weighted by Crippen LogP contribution is -2.56. The van der Waals surface area contributed by atoms with Crippen molar-refractivity contribution in [3.05, 3.63) is 119 Å². The molecule has 8 nitrogen and oxygen atoms in total. The number of nitrogens with zero attached hydrogens (tertiary/aromatic N) is 2. The fourth-order valence-electron chi connectivity index (χ4n) is 4.38. The van der Waals surface area contributed by atoms with Crippen LogP contribution in [0, 0.1) is 6.92 Å². The molecule has 0 atom stereocenters. The van der Waals surface area contributed by atoms with Crippen molar-refractivity contribution in [3.63, 3.8) is 0 Å². The van der Waals surface area contributed by atoms with Crippen molar-refractivity contribution < 1.29 is 26.9 Å².